The maximum absolute atomic E-state index is 12.0. The summed E-state index contributed by atoms with van der Waals surface area (Å²) in [5, 5.41) is 0.798. The van der Waals surface area contributed by atoms with Gasteiger partial charge < -0.3 is 13.9 Å². The molecule has 1 unspecified atom stereocenters. The van der Waals surface area contributed by atoms with Crippen molar-refractivity contribution in [2.45, 2.75) is 26.4 Å². The second-order valence-electron chi connectivity index (χ2n) is 5.77. The number of esters is 1. The van der Waals surface area contributed by atoms with Crippen molar-refractivity contribution in [1.82, 2.24) is 0 Å². The third-order valence-electron chi connectivity index (χ3n) is 4.00. The molecule has 0 aliphatic carbocycles. The Hall–Kier alpha value is -3.08. The first-order valence-electron chi connectivity index (χ1n) is 8.59. The van der Waals surface area contributed by atoms with Crippen LogP contribution in [0.3, 0.4) is 0 Å². The fourth-order valence-electron chi connectivity index (χ4n) is 2.77. The summed E-state index contributed by atoms with van der Waals surface area (Å²) in [6.45, 7) is 3.89. The standard InChI is InChI=1S/C21H20O5/c1-3-18(21(23)24-4-2)25-15-10-11-16-17(14-8-6-5-7-9-14)13-20(22)26-19(16)12-15/h5-13,18H,3-4H2,1-2H3. The molecule has 1 atom stereocenters. The van der Waals surface area contributed by atoms with Crippen molar-refractivity contribution in [3.05, 3.63) is 65.0 Å². The highest BCUT2D eigenvalue weighted by Crippen LogP contribution is 2.30. The van der Waals surface area contributed by atoms with Gasteiger partial charge in [-0.25, -0.2) is 9.59 Å². The summed E-state index contributed by atoms with van der Waals surface area (Å²) in [5.41, 5.74) is 1.69. The molecule has 0 aliphatic heterocycles. The molecule has 0 N–H and O–H groups in total. The first-order chi connectivity index (χ1) is 12.6. The molecule has 1 aromatic heterocycles. The zero-order valence-corrected chi connectivity index (χ0v) is 14.7. The van der Waals surface area contributed by atoms with Crippen LogP contribution in [0.15, 0.2) is 63.8 Å². The highest BCUT2D eigenvalue weighted by Gasteiger charge is 2.20. The number of hydrogen-bond donors (Lipinski definition) is 0. The summed E-state index contributed by atoms with van der Waals surface area (Å²) in [6.07, 6.45) is -0.221. The van der Waals surface area contributed by atoms with Crippen LogP contribution in [0.25, 0.3) is 22.1 Å². The van der Waals surface area contributed by atoms with E-state index in [1.807, 2.05) is 43.3 Å². The lowest BCUT2D eigenvalue weighted by Gasteiger charge is -2.16. The van der Waals surface area contributed by atoms with Crippen LogP contribution in [0.1, 0.15) is 20.3 Å². The number of carbonyl (C=O) groups is 1. The van der Waals surface area contributed by atoms with Crippen molar-refractivity contribution >= 4 is 16.9 Å². The molecule has 3 aromatic rings. The number of benzene rings is 2. The fourth-order valence-corrected chi connectivity index (χ4v) is 2.77. The molecule has 2 aromatic carbocycles. The fraction of sp³-hybridized carbons (Fsp3) is 0.238. The molecule has 3 rings (SSSR count). The highest BCUT2D eigenvalue weighted by molar-refractivity contribution is 5.93. The van der Waals surface area contributed by atoms with E-state index in [-0.39, 0.29) is 0 Å². The van der Waals surface area contributed by atoms with Crippen LogP contribution in [0.2, 0.25) is 0 Å². The monoisotopic (exact) mass is 352 g/mol. The van der Waals surface area contributed by atoms with Gasteiger partial charge in [0.15, 0.2) is 6.10 Å². The van der Waals surface area contributed by atoms with Gasteiger partial charge in [-0.2, -0.15) is 0 Å². The number of carbonyl (C=O) groups excluding carboxylic acids is 1. The van der Waals surface area contributed by atoms with Crippen molar-refractivity contribution in [1.29, 1.82) is 0 Å². The molecule has 0 bridgehead atoms. The predicted molar refractivity (Wildman–Crippen MR) is 99.3 cm³/mol. The quantitative estimate of drug-likeness (QED) is 0.492. The average Bonchev–Trinajstić information content (AvgIpc) is 2.66. The van der Waals surface area contributed by atoms with Crippen LogP contribution in [0, 0.1) is 0 Å². The molecule has 1 heterocycles. The topological polar surface area (TPSA) is 65.7 Å². The first kappa shape index (κ1) is 17.7. The smallest absolute Gasteiger partial charge is 0.347 e. The molecule has 5 nitrogen and oxygen atoms in total. The third-order valence-corrected chi connectivity index (χ3v) is 4.00. The number of fused-ring (bicyclic) bond motifs is 1. The van der Waals surface area contributed by atoms with Crippen molar-refractivity contribution < 1.29 is 18.7 Å². The summed E-state index contributed by atoms with van der Waals surface area (Å²) in [6, 6.07) is 16.3. The van der Waals surface area contributed by atoms with E-state index in [0.717, 1.165) is 16.5 Å². The van der Waals surface area contributed by atoms with E-state index in [4.69, 9.17) is 13.9 Å². The summed E-state index contributed by atoms with van der Waals surface area (Å²) in [7, 11) is 0. The highest BCUT2D eigenvalue weighted by atomic mass is 16.6. The van der Waals surface area contributed by atoms with E-state index in [2.05, 4.69) is 0 Å². The molecule has 0 radical (unpaired) electrons. The minimum Gasteiger partial charge on any atom is -0.479 e. The van der Waals surface area contributed by atoms with E-state index < -0.39 is 17.7 Å². The number of hydrogen-bond acceptors (Lipinski definition) is 5. The van der Waals surface area contributed by atoms with Crippen LogP contribution in [-0.2, 0) is 9.53 Å². The lowest BCUT2D eigenvalue weighted by Crippen LogP contribution is -2.28. The molecule has 5 heteroatoms. The zero-order valence-electron chi connectivity index (χ0n) is 14.7. The van der Waals surface area contributed by atoms with Crippen LogP contribution < -0.4 is 10.4 Å². The Balaban J connectivity index is 1.99. The Kier molecular flexibility index (Phi) is 5.37. The lowest BCUT2D eigenvalue weighted by molar-refractivity contribution is -0.151. The van der Waals surface area contributed by atoms with E-state index in [0.29, 0.717) is 24.4 Å². The van der Waals surface area contributed by atoms with Gasteiger partial charge >= 0.3 is 11.6 Å². The Bertz CT molecular complexity index is 959. The van der Waals surface area contributed by atoms with Gasteiger partial charge in [0.1, 0.15) is 11.3 Å². The number of rotatable bonds is 6. The van der Waals surface area contributed by atoms with Gasteiger partial charge in [0.05, 0.1) is 6.61 Å². The minimum absolute atomic E-state index is 0.297. The van der Waals surface area contributed by atoms with Gasteiger partial charge in [-0.1, -0.05) is 37.3 Å². The van der Waals surface area contributed by atoms with Gasteiger partial charge in [0, 0.05) is 17.5 Å². The zero-order chi connectivity index (χ0) is 18.5. The van der Waals surface area contributed by atoms with E-state index in [1.54, 1.807) is 19.1 Å². The maximum Gasteiger partial charge on any atom is 0.347 e. The molecule has 0 saturated carbocycles. The van der Waals surface area contributed by atoms with Gasteiger partial charge in [-0.15, -0.1) is 0 Å². The van der Waals surface area contributed by atoms with Gasteiger partial charge in [-0.05, 0) is 36.6 Å². The molecular formula is C21H20O5. The molecular weight excluding hydrogens is 332 g/mol. The van der Waals surface area contributed by atoms with Crippen molar-refractivity contribution in [2.24, 2.45) is 0 Å². The van der Waals surface area contributed by atoms with Crippen molar-refractivity contribution in [3.8, 4) is 16.9 Å². The Morgan fingerprint density at radius 1 is 1.08 bits per heavy atom. The second-order valence-corrected chi connectivity index (χ2v) is 5.77. The van der Waals surface area contributed by atoms with E-state index in [1.165, 1.54) is 6.07 Å². The average molecular weight is 352 g/mol. The second kappa shape index (κ2) is 7.87. The molecule has 0 fully saturated rings. The molecule has 0 amide bonds. The SMILES string of the molecule is CCOC(=O)C(CC)Oc1ccc2c(-c3ccccc3)cc(=O)oc2c1. The van der Waals surface area contributed by atoms with Crippen LogP contribution >= 0.6 is 0 Å². The molecule has 0 aliphatic rings. The number of ether oxygens (including phenoxy) is 2. The largest absolute Gasteiger partial charge is 0.479 e. The third kappa shape index (κ3) is 3.77. The molecule has 26 heavy (non-hydrogen) atoms. The van der Waals surface area contributed by atoms with Gasteiger partial charge in [0.25, 0.3) is 0 Å². The Morgan fingerprint density at radius 2 is 1.85 bits per heavy atom. The van der Waals surface area contributed by atoms with Crippen molar-refractivity contribution in [2.75, 3.05) is 6.61 Å². The molecule has 0 spiro atoms. The van der Waals surface area contributed by atoms with Crippen LogP contribution in [-0.4, -0.2) is 18.7 Å². The lowest BCUT2D eigenvalue weighted by atomic mass is 10.0. The molecule has 0 saturated heterocycles. The molecule has 134 valence electrons. The minimum atomic E-state index is -0.698. The van der Waals surface area contributed by atoms with Crippen LogP contribution in [0.4, 0.5) is 0 Å². The predicted octanol–water partition coefficient (Wildman–Crippen LogP) is 4.18. The van der Waals surface area contributed by atoms with Crippen LogP contribution in [0.5, 0.6) is 5.75 Å². The van der Waals surface area contributed by atoms with Crippen molar-refractivity contribution in [3.63, 3.8) is 0 Å². The van der Waals surface area contributed by atoms with E-state index >= 15 is 0 Å². The normalized spacial score (nSPS) is 11.9. The summed E-state index contributed by atoms with van der Waals surface area (Å²) >= 11 is 0. The first-order valence-corrected chi connectivity index (χ1v) is 8.59. The summed E-state index contributed by atoms with van der Waals surface area (Å²) < 4.78 is 16.1. The Labute approximate surface area is 151 Å². The van der Waals surface area contributed by atoms with E-state index in [9.17, 15) is 9.59 Å². The Morgan fingerprint density at radius 3 is 2.54 bits per heavy atom. The summed E-state index contributed by atoms with van der Waals surface area (Å²) in [5.74, 6) is 0.0420. The van der Waals surface area contributed by atoms with Gasteiger partial charge in [-0.3, -0.25) is 0 Å². The summed E-state index contributed by atoms with van der Waals surface area (Å²) in [4.78, 5) is 23.9. The van der Waals surface area contributed by atoms with Gasteiger partial charge in [0.2, 0.25) is 0 Å². The maximum atomic E-state index is 12.0.